The summed E-state index contributed by atoms with van der Waals surface area (Å²) in [4.78, 5) is 29.1. The summed E-state index contributed by atoms with van der Waals surface area (Å²) in [6, 6.07) is 1.71. The molecule has 0 radical (unpaired) electrons. The van der Waals surface area contributed by atoms with Gasteiger partial charge in [0.1, 0.15) is 18.2 Å². The summed E-state index contributed by atoms with van der Waals surface area (Å²) < 4.78 is 6.20. The quantitative estimate of drug-likeness (QED) is 0.832. The number of hydrogen-bond donors (Lipinski definition) is 1. The zero-order valence-corrected chi connectivity index (χ0v) is 11.3. The minimum absolute atomic E-state index is 0.00657. The van der Waals surface area contributed by atoms with Gasteiger partial charge in [0.25, 0.3) is 5.56 Å². The Labute approximate surface area is 113 Å². The Balaban J connectivity index is 2.36. The molecule has 0 saturated carbocycles. The van der Waals surface area contributed by atoms with E-state index >= 15 is 0 Å². The van der Waals surface area contributed by atoms with Crippen molar-refractivity contribution in [3.8, 4) is 6.07 Å². The van der Waals surface area contributed by atoms with Crippen molar-refractivity contribution in [3.63, 3.8) is 0 Å². The molecular weight excluding hydrogens is 262 g/mol. The Morgan fingerprint density at radius 1 is 1.45 bits per heavy atom. The van der Waals surface area contributed by atoms with Gasteiger partial charge < -0.3 is 4.52 Å². The number of nitriles is 1. The number of nitrogens with one attached hydrogen (secondary N) is 1. The van der Waals surface area contributed by atoms with Crippen LogP contribution in [-0.4, -0.2) is 19.7 Å². The number of H-pyrrole nitrogens is 1. The zero-order valence-electron chi connectivity index (χ0n) is 11.3. The van der Waals surface area contributed by atoms with E-state index < -0.39 is 11.2 Å². The zero-order chi connectivity index (χ0) is 14.9. The number of aromatic nitrogens is 4. The van der Waals surface area contributed by atoms with Crippen LogP contribution in [0, 0.1) is 11.3 Å². The third kappa shape index (κ3) is 2.66. The molecule has 2 rings (SSSR count). The molecule has 2 aromatic heterocycles. The van der Waals surface area contributed by atoms with Crippen LogP contribution >= 0.6 is 0 Å². The van der Waals surface area contributed by atoms with Crippen LogP contribution in [-0.2, 0) is 12.0 Å². The van der Waals surface area contributed by atoms with Crippen LogP contribution < -0.4 is 11.2 Å². The maximum absolute atomic E-state index is 11.6. The molecule has 8 heteroatoms. The molecule has 8 nitrogen and oxygen atoms in total. The van der Waals surface area contributed by atoms with Crippen molar-refractivity contribution in [1.29, 1.82) is 5.26 Å². The lowest BCUT2D eigenvalue weighted by atomic mass is 9.96. The van der Waals surface area contributed by atoms with Gasteiger partial charge in [-0.1, -0.05) is 25.9 Å². The van der Waals surface area contributed by atoms with Gasteiger partial charge in [0.15, 0.2) is 5.82 Å². The lowest BCUT2D eigenvalue weighted by molar-refractivity contribution is 0.355. The van der Waals surface area contributed by atoms with Crippen molar-refractivity contribution < 1.29 is 4.52 Å². The lowest BCUT2D eigenvalue weighted by Gasteiger charge is -2.10. The molecule has 2 heterocycles. The third-order valence-electron chi connectivity index (χ3n) is 2.58. The van der Waals surface area contributed by atoms with Crippen LogP contribution in [0.3, 0.4) is 0 Å². The van der Waals surface area contributed by atoms with Gasteiger partial charge in [0.05, 0.1) is 0 Å². The fourth-order valence-electron chi connectivity index (χ4n) is 1.48. The summed E-state index contributed by atoms with van der Waals surface area (Å²) in [7, 11) is 0. The maximum atomic E-state index is 11.6. The Hall–Kier alpha value is -2.69. The molecule has 104 valence electrons. The molecule has 2 aromatic rings. The fourth-order valence-corrected chi connectivity index (χ4v) is 1.48. The maximum Gasteiger partial charge on any atom is 0.328 e. The van der Waals surface area contributed by atoms with E-state index in [9.17, 15) is 9.59 Å². The van der Waals surface area contributed by atoms with Crippen LogP contribution in [0.2, 0.25) is 0 Å². The Morgan fingerprint density at radius 2 is 2.15 bits per heavy atom. The molecule has 0 saturated heterocycles. The Morgan fingerprint density at radius 3 is 2.70 bits per heavy atom. The largest absolute Gasteiger partial charge is 0.337 e. The minimum Gasteiger partial charge on any atom is -0.337 e. The average Bonchev–Trinajstić information content (AvgIpc) is 2.81. The van der Waals surface area contributed by atoms with Gasteiger partial charge in [0.2, 0.25) is 5.89 Å². The van der Waals surface area contributed by atoms with Crippen molar-refractivity contribution in [2.45, 2.75) is 32.7 Å². The Bertz CT molecular complexity index is 785. The third-order valence-corrected chi connectivity index (χ3v) is 2.58. The van der Waals surface area contributed by atoms with E-state index in [1.165, 1.54) is 6.20 Å². The molecule has 0 bridgehead atoms. The molecule has 0 aromatic carbocycles. The van der Waals surface area contributed by atoms with E-state index in [0.717, 1.165) is 4.57 Å². The highest BCUT2D eigenvalue weighted by Gasteiger charge is 2.21. The van der Waals surface area contributed by atoms with Crippen molar-refractivity contribution in [3.05, 3.63) is 44.3 Å². The smallest absolute Gasteiger partial charge is 0.328 e. The highest BCUT2D eigenvalue weighted by Crippen LogP contribution is 2.18. The van der Waals surface area contributed by atoms with Gasteiger partial charge in [-0.2, -0.15) is 10.2 Å². The second-order valence-electron chi connectivity index (χ2n) is 5.30. The molecule has 0 fully saturated rings. The van der Waals surface area contributed by atoms with E-state index in [0.29, 0.717) is 5.82 Å². The highest BCUT2D eigenvalue weighted by molar-refractivity contribution is 5.21. The number of hydrogen-bond acceptors (Lipinski definition) is 6. The minimum atomic E-state index is -0.713. The van der Waals surface area contributed by atoms with Crippen molar-refractivity contribution in [2.24, 2.45) is 0 Å². The molecule has 0 amide bonds. The monoisotopic (exact) mass is 275 g/mol. The molecule has 20 heavy (non-hydrogen) atoms. The molecule has 0 spiro atoms. The standard InChI is InChI=1S/C12H13N5O3/c1-12(2,3)10-14-8(20-16-10)6-17-5-7(4-13)9(18)15-11(17)19/h5H,6H2,1-3H3,(H,15,18,19). The molecule has 0 aliphatic carbocycles. The van der Waals surface area contributed by atoms with E-state index in [2.05, 4.69) is 15.1 Å². The van der Waals surface area contributed by atoms with Gasteiger partial charge in [-0.15, -0.1) is 0 Å². The average molecular weight is 275 g/mol. The first-order valence-corrected chi connectivity index (χ1v) is 5.88. The summed E-state index contributed by atoms with van der Waals surface area (Å²) in [6.45, 7) is 5.79. The van der Waals surface area contributed by atoms with Crippen LogP contribution in [0.25, 0.3) is 0 Å². The fraction of sp³-hybridized carbons (Fsp3) is 0.417. The van der Waals surface area contributed by atoms with Crippen molar-refractivity contribution in [1.82, 2.24) is 19.7 Å². The summed E-state index contributed by atoms with van der Waals surface area (Å²) in [5, 5.41) is 12.6. The van der Waals surface area contributed by atoms with Crippen molar-refractivity contribution >= 4 is 0 Å². The van der Waals surface area contributed by atoms with E-state index in [1.807, 2.05) is 20.8 Å². The van der Waals surface area contributed by atoms with E-state index in [-0.39, 0.29) is 23.4 Å². The summed E-state index contributed by atoms with van der Waals surface area (Å²) >= 11 is 0. The van der Waals surface area contributed by atoms with Gasteiger partial charge in [-0.05, 0) is 0 Å². The second kappa shape index (κ2) is 4.77. The van der Waals surface area contributed by atoms with Crippen LogP contribution in [0.5, 0.6) is 0 Å². The molecule has 1 N–H and O–H groups in total. The summed E-state index contributed by atoms with van der Waals surface area (Å²) in [5.74, 6) is 0.749. The SMILES string of the molecule is CC(C)(C)c1noc(Cn2cc(C#N)c(=O)[nH]c2=O)n1. The number of nitrogens with zero attached hydrogens (tertiary/aromatic N) is 4. The normalized spacial score (nSPS) is 11.3. The first kappa shape index (κ1) is 13.7. The molecule has 0 unspecified atom stereocenters. The van der Waals surface area contributed by atoms with Crippen molar-refractivity contribution in [2.75, 3.05) is 0 Å². The van der Waals surface area contributed by atoms with Gasteiger partial charge >= 0.3 is 5.69 Å². The molecule has 0 atom stereocenters. The first-order valence-electron chi connectivity index (χ1n) is 5.88. The second-order valence-corrected chi connectivity index (χ2v) is 5.30. The van der Waals surface area contributed by atoms with E-state index in [4.69, 9.17) is 9.78 Å². The first-order chi connectivity index (χ1) is 9.31. The highest BCUT2D eigenvalue weighted by atomic mass is 16.5. The molecular formula is C12H13N5O3. The summed E-state index contributed by atoms with van der Waals surface area (Å²) in [5.41, 5.74) is -1.77. The van der Waals surface area contributed by atoms with E-state index in [1.54, 1.807) is 6.07 Å². The van der Waals surface area contributed by atoms with Crippen LogP contribution in [0.1, 0.15) is 38.0 Å². The number of rotatable bonds is 2. The topological polar surface area (TPSA) is 118 Å². The predicted molar refractivity (Wildman–Crippen MR) is 68.1 cm³/mol. The molecule has 0 aliphatic rings. The predicted octanol–water partition coefficient (Wildman–Crippen LogP) is 0.137. The van der Waals surface area contributed by atoms with Crippen LogP contribution in [0.4, 0.5) is 0 Å². The van der Waals surface area contributed by atoms with Gasteiger partial charge in [-0.3, -0.25) is 14.3 Å². The lowest BCUT2D eigenvalue weighted by Crippen LogP contribution is -2.31. The van der Waals surface area contributed by atoms with Gasteiger partial charge in [0, 0.05) is 11.6 Å². The summed E-state index contributed by atoms with van der Waals surface area (Å²) in [6.07, 6.45) is 1.17. The van der Waals surface area contributed by atoms with Crippen LogP contribution in [0.15, 0.2) is 20.3 Å². The van der Waals surface area contributed by atoms with Gasteiger partial charge in [-0.25, -0.2) is 4.79 Å². The Kier molecular flexibility index (Phi) is 3.28. The number of aromatic amines is 1. The molecule has 0 aliphatic heterocycles.